The molecule has 0 aromatic heterocycles. The molecule has 0 unspecified atom stereocenters. The smallest absolute Gasteiger partial charge is 0.401 e. The molecule has 0 radical (unpaired) electrons. The average Bonchev–Trinajstić information content (AvgIpc) is 2.28. The molecule has 1 rings (SSSR count). The van der Waals surface area contributed by atoms with Gasteiger partial charge in [0.05, 0.1) is 5.56 Å². The van der Waals surface area contributed by atoms with Gasteiger partial charge in [-0.2, -0.15) is 13.2 Å². The molecular weight excluding hydrogens is 274 g/mol. The lowest BCUT2D eigenvalue weighted by molar-refractivity contribution is -0.137. The SMILES string of the molecule is O=P(OF)(OF)Oc1cccc(C(F)(F)F)c1. The van der Waals surface area contributed by atoms with Crippen molar-refractivity contribution in [3.05, 3.63) is 29.8 Å². The largest absolute Gasteiger partial charge is 0.593 e. The van der Waals surface area contributed by atoms with Gasteiger partial charge in [-0.1, -0.05) is 15.5 Å². The van der Waals surface area contributed by atoms with E-state index in [0.717, 1.165) is 12.1 Å². The molecule has 10 heteroatoms. The van der Waals surface area contributed by atoms with Crippen LogP contribution in [0.4, 0.5) is 22.2 Å². The van der Waals surface area contributed by atoms with Gasteiger partial charge < -0.3 is 4.52 Å². The van der Waals surface area contributed by atoms with Crippen molar-refractivity contribution in [2.75, 3.05) is 0 Å². The molecule has 0 heterocycles. The maximum Gasteiger partial charge on any atom is 0.593 e. The Bertz CT molecular complexity index is 427. The fourth-order valence-electron chi connectivity index (χ4n) is 0.897. The van der Waals surface area contributed by atoms with E-state index in [2.05, 4.69) is 14.0 Å². The summed E-state index contributed by atoms with van der Waals surface area (Å²) in [4.78, 5) is 0. The van der Waals surface area contributed by atoms with Gasteiger partial charge >= 0.3 is 14.0 Å². The first-order chi connectivity index (χ1) is 7.80. The summed E-state index contributed by atoms with van der Waals surface area (Å²) in [5, 5.41) is 0. The molecule has 1 aromatic rings. The van der Waals surface area contributed by atoms with Crippen LogP contribution >= 0.6 is 7.82 Å². The Morgan fingerprint density at radius 2 is 1.71 bits per heavy atom. The summed E-state index contributed by atoms with van der Waals surface area (Å²) in [6, 6.07) is 2.84. The van der Waals surface area contributed by atoms with E-state index in [1.54, 1.807) is 0 Å². The first-order valence-corrected chi connectivity index (χ1v) is 5.34. The van der Waals surface area contributed by atoms with Gasteiger partial charge in [0.15, 0.2) is 0 Å². The van der Waals surface area contributed by atoms with Gasteiger partial charge in [-0.05, 0) is 27.3 Å². The van der Waals surface area contributed by atoms with Gasteiger partial charge in [0.2, 0.25) is 0 Å². The first-order valence-electron chi connectivity index (χ1n) is 3.88. The van der Waals surface area contributed by atoms with Gasteiger partial charge in [-0.15, -0.1) is 0 Å². The summed E-state index contributed by atoms with van der Waals surface area (Å²) >= 11 is 0. The molecule has 0 amide bonds. The lowest BCUT2D eigenvalue weighted by Crippen LogP contribution is -2.05. The van der Waals surface area contributed by atoms with Crippen LogP contribution in [-0.4, -0.2) is 0 Å². The minimum absolute atomic E-state index is 0.380. The molecule has 0 saturated carbocycles. The summed E-state index contributed by atoms with van der Waals surface area (Å²) in [6.07, 6.45) is -4.68. The molecule has 0 atom stereocenters. The molecule has 0 spiro atoms. The summed E-state index contributed by atoms with van der Waals surface area (Å²) in [5.74, 6) is -0.724. The van der Waals surface area contributed by atoms with Gasteiger partial charge in [0, 0.05) is 0 Å². The summed E-state index contributed by atoms with van der Waals surface area (Å²) in [5.41, 5.74) is -1.15. The van der Waals surface area contributed by atoms with Crippen molar-refractivity contribution in [1.29, 1.82) is 0 Å². The normalized spacial score (nSPS) is 12.5. The molecule has 0 aliphatic carbocycles. The third-order valence-corrected chi connectivity index (χ3v) is 2.32. The highest BCUT2D eigenvalue weighted by atomic mass is 31.2. The fraction of sp³-hybridized carbons (Fsp3) is 0.143. The second kappa shape index (κ2) is 4.99. The van der Waals surface area contributed by atoms with Crippen molar-refractivity contribution in [2.45, 2.75) is 6.18 Å². The van der Waals surface area contributed by atoms with Crippen LogP contribution < -0.4 is 4.52 Å². The highest BCUT2D eigenvalue weighted by Gasteiger charge is 2.34. The van der Waals surface area contributed by atoms with E-state index in [1.165, 1.54) is 0 Å². The van der Waals surface area contributed by atoms with Crippen molar-refractivity contribution in [3.63, 3.8) is 0 Å². The minimum Gasteiger partial charge on any atom is -0.401 e. The highest BCUT2D eigenvalue weighted by Crippen LogP contribution is 2.50. The van der Waals surface area contributed by atoms with Gasteiger partial charge in [0.1, 0.15) is 5.75 Å². The molecule has 0 bridgehead atoms. The van der Waals surface area contributed by atoms with E-state index < -0.39 is 25.3 Å². The monoisotopic (exact) mass is 278 g/mol. The van der Waals surface area contributed by atoms with E-state index >= 15 is 0 Å². The Kier molecular flexibility index (Phi) is 4.07. The molecule has 0 N–H and O–H groups in total. The number of benzene rings is 1. The number of rotatable bonds is 4. The van der Waals surface area contributed by atoms with E-state index in [-0.39, 0.29) is 0 Å². The zero-order valence-corrected chi connectivity index (χ0v) is 8.67. The van der Waals surface area contributed by atoms with E-state index in [9.17, 15) is 26.8 Å². The highest BCUT2D eigenvalue weighted by molar-refractivity contribution is 7.48. The fourth-order valence-corrected chi connectivity index (χ4v) is 1.35. The predicted molar refractivity (Wildman–Crippen MR) is 44.1 cm³/mol. The van der Waals surface area contributed by atoms with Gasteiger partial charge in [-0.3, -0.25) is 0 Å². The molecule has 4 nitrogen and oxygen atoms in total. The summed E-state index contributed by atoms with van der Waals surface area (Å²) in [7, 11) is -5.18. The number of alkyl halides is 3. The van der Waals surface area contributed by atoms with Crippen molar-refractivity contribution >= 4 is 7.82 Å². The third kappa shape index (κ3) is 3.65. The first kappa shape index (κ1) is 13.9. The molecular formula is C7H4F5O4P. The summed E-state index contributed by atoms with van der Waals surface area (Å²) in [6.45, 7) is 0. The van der Waals surface area contributed by atoms with Crippen LogP contribution in [0.1, 0.15) is 5.56 Å². The predicted octanol–water partition coefficient (Wildman–Crippen LogP) is 3.99. The van der Waals surface area contributed by atoms with Crippen LogP contribution in [-0.2, 0) is 20.2 Å². The van der Waals surface area contributed by atoms with E-state index in [4.69, 9.17) is 0 Å². The average molecular weight is 278 g/mol. The Hall–Kier alpha value is -1.18. The van der Waals surface area contributed by atoms with Crippen molar-refractivity contribution in [3.8, 4) is 5.75 Å². The van der Waals surface area contributed by atoms with Gasteiger partial charge in [-0.25, -0.2) is 4.57 Å². The number of halogens is 5. The lowest BCUT2D eigenvalue weighted by atomic mass is 10.2. The van der Waals surface area contributed by atoms with Crippen LogP contribution in [0.25, 0.3) is 0 Å². The Morgan fingerprint density at radius 1 is 1.12 bits per heavy atom. The van der Waals surface area contributed by atoms with Crippen LogP contribution in [0.3, 0.4) is 0 Å². The zero-order chi connectivity index (χ0) is 13.1. The third-order valence-electron chi connectivity index (χ3n) is 1.55. The molecule has 0 fully saturated rings. The minimum atomic E-state index is -5.18. The van der Waals surface area contributed by atoms with E-state index in [1.807, 2.05) is 0 Å². The zero-order valence-electron chi connectivity index (χ0n) is 7.78. The lowest BCUT2D eigenvalue weighted by Gasteiger charge is -2.11. The Balaban J connectivity index is 2.98. The number of hydrogen-bond acceptors (Lipinski definition) is 4. The Morgan fingerprint density at radius 3 is 2.18 bits per heavy atom. The Labute approximate surface area is 91.3 Å². The van der Waals surface area contributed by atoms with Crippen molar-refractivity contribution in [2.24, 2.45) is 0 Å². The topological polar surface area (TPSA) is 44.8 Å². The maximum atomic E-state index is 12.2. The molecule has 96 valence electrons. The van der Waals surface area contributed by atoms with Crippen molar-refractivity contribution in [1.82, 2.24) is 0 Å². The molecule has 1 aromatic carbocycles. The summed E-state index contributed by atoms with van der Waals surface area (Å²) < 4.78 is 79.8. The number of phosphoric acid groups is 1. The molecule has 0 saturated heterocycles. The van der Waals surface area contributed by atoms with Crippen molar-refractivity contribution < 1.29 is 40.8 Å². The van der Waals surface area contributed by atoms with E-state index in [0.29, 0.717) is 12.1 Å². The van der Waals surface area contributed by atoms with Crippen LogP contribution in [0.5, 0.6) is 5.75 Å². The maximum absolute atomic E-state index is 12.2. The standard InChI is InChI=1S/C7H4F5O4P/c8-7(9,10)5-2-1-3-6(4-5)14-17(13,15-11)16-12/h1-4H. The van der Waals surface area contributed by atoms with Crippen LogP contribution in [0, 0.1) is 0 Å². The molecule has 0 aliphatic rings. The molecule has 17 heavy (non-hydrogen) atoms. The van der Waals surface area contributed by atoms with Crippen LogP contribution in [0.2, 0.25) is 0 Å². The molecule has 0 aliphatic heterocycles. The number of hydrogen-bond donors (Lipinski definition) is 0. The van der Waals surface area contributed by atoms with Gasteiger partial charge in [0.25, 0.3) is 0 Å². The van der Waals surface area contributed by atoms with Crippen LogP contribution in [0.15, 0.2) is 24.3 Å². The second-order valence-corrected chi connectivity index (χ2v) is 4.06. The quantitative estimate of drug-likeness (QED) is 0.617. The second-order valence-electron chi connectivity index (χ2n) is 2.70.